The van der Waals surface area contributed by atoms with E-state index in [0.29, 0.717) is 24.0 Å². The topological polar surface area (TPSA) is 147 Å². The number of piperidine rings is 2. The van der Waals surface area contributed by atoms with Gasteiger partial charge in [-0.15, -0.1) is 0 Å². The molecule has 6 heterocycles. The number of rotatable bonds is 12. The molecule has 306 valence electrons. The molecule has 4 fully saturated rings. The van der Waals surface area contributed by atoms with E-state index >= 15 is 0 Å². The number of carbonyl (C=O) groups is 1. The van der Waals surface area contributed by atoms with Gasteiger partial charge in [-0.2, -0.15) is 0 Å². The summed E-state index contributed by atoms with van der Waals surface area (Å²) in [6, 6.07) is 18.7. The van der Waals surface area contributed by atoms with Crippen molar-refractivity contribution in [1.29, 1.82) is 0 Å². The molecular formula is C45H55N7O6. The molecule has 1 aliphatic carbocycles. The van der Waals surface area contributed by atoms with Gasteiger partial charge >= 0.3 is 6.09 Å². The number of hydrogen-bond acceptors (Lipinski definition) is 9. The Morgan fingerprint density at radius 2 is 1.79 bits per heavy atom. The van der Waals surface area contributed by atoms with Crippen molar-refractivity contribution in [3.8, 4) is 11.1 Å². The number of likely N-dealkylation sites (tertiary alicyclic amines) is 1. The van der Waals surface area contributed by atoms with E-state index in [9.17, 15) is 14.7 Å². The Bertz CT molecular complexity index is 2300. The molecule has 3 aromatic heterocycles. The van der Waals surface area contributed by atoms with Gasteiger partial charge in [-0.25, -0.2) is 14.8 Å². The Kier molecular flexibility index (Phi) is 10.7. The predicted octanol–water partition coefficient (Wildman–Crippen LogP) is 6.78. The number of carboxylic acid groups (broad SMARTS) is 1. The summed E-state index contributed by atoms with van der Waals surface area (Å²) in [5.74, 6) is 1.22. The standard InChI is InChI=1S/C45H55N7O6/c1-44(49-43(54)55)18-23-51(24-19-44)27-30-16-21-52(22-17-30)42-47-37-14-11-31(36-28-50(2)41(53)39-34(36)15-20-46-39)26-35(37)40(48-42)45(58-33-12-13-33,32-8-4-3-5-9-32)29-57-38-10-6-7-25-56-38/h3-5,8-9,11,14-15,20,26,28,30,33,38,46,49H,6-7,10,12-13,16-19,21-25,27,29H2,1-2H3,(H,54,55). The van der Waals surface area contributed by atoms with Crippen LogP contribution in [0.5, 0.6) is 0 Å². The number of amides is 1. The molecule has 0 spiro atoms. The van der Waals surface area contributed by atoms with Crippen LogP contribution in [0, 0.1) is 5.92 Å². The highest BCUT2D eigenvalue weighted by Crippen LogP contribution is 2.44. The number of aryl methyl sites for hydroxylation is 1. The first-order chi connectivity index (χ1) is 28.2. The maximum Gasteiger partial charge on any atom is 0.405 e. The maximum absolute atomic E-state index is 13.0. The number of aromatic nitrogens is 4. The molecule has 3 saturated heterocycles. The third-order valence-electron chi connectivity index (χ3n) is 12.8. The third-order valence-corrected chi connectivity index (χ3v) is 12.8. The van der Waals surface area contributed by atoms with Crippen molar-refractivity contribution in [3.63, 3.8) is 0 Å². The van der Waals surface area contributed by atoms with E-state index in [4.69, 9.17) is 24.2 Å². The van der Waals surface area contributed by atoms with Crippen LogP contribution < -0.4 is 15.8 Å². The van der Waals surface area contributed by atoms with E-state index in [1.165, 1.54) is 0 Å². The average molecular weight is 790 g/mol. The van der Waals surface area contributed by atoms with Crippen LogP contribution in [0.3, 0.4) is 0 Å². The van der Waals surface area contributed by atoms with Crippen LogP contribution in [0.4, 0.5) is 10.7 Å². The summed E-state index contributed by atoms with van der Waals surface area (Å²) >= 11 is 0. The quantitative estimate of drug-likeness (QED) is 0.124. The molecule has 3 N–H and O–H groups in total. The molecule has 4 aliphatic rings. The zero-order valence-corrected chi connectivity index (χ0v) is 33.6. The lowest BCUT2D eigenvalue weighted by Gasteiger charge is -2.41. The number of aromatic amines is 1. The van der Waals surface area contributed by atoms with E-state index in [1.54, 1.807) is 11.6 Å². The Hall–Kier alpha value is -4.82. The minimum atomic E-state index is -1.05. The van der Waals surface area contributed by atoms with E-state index in [1.807, 2.05) is 31.5 Å². The third kappa shape index (κ3) is 7.97. The summed E-state index contributed by atoms with van der Waals surface area (Å²) in [5, 5.41) is 13.8. The zero-order chi connectivity index (χ0) is 39.9. The van der Waals surface area contributed by atoms with Gasteiger partial charge in [0.05, 0.1) is 23.9 Å². The van der Waals surface area contributed by atoms with Crippen molar-refractivity contribution in [2.45, 2.75) is 88.2 Å². The first kappa shape index (κ1) is 38.7. The monoisotopic (exact) mass is 789 g/mol. The first-order valence-corrected chi connectivity index (χ1v) is 21.1. The summed E-state index contributed by atoms with van der Waals surface area (Å²) in [4.78, 5) is 43.2. The number of pyridine rings is 1. The van der Waals surface area contributed by atoms with Crippen molar-refractivity contribution >= 4 is 33.8 Å². The van der Waals surface area contributed by atoms with E-state index < -0.39 is 11.7 Å². The number of nitrogens with zero attached hydrogens (tertiary/aromatic N) is 5. The highest BCUT2D eigenvalue weighted by Gasteiger charge is 2.45. The van der Waals surface area contributed by atoms with Crippen LogP contribution in [0.2, 0.25) is 0 Å². The predicted molar refractivity (Wildman–Crippen MR) is 223 cm³/mol. The van der Waals surface area contributed by atoms with Gasteiger partial charge in [0.25, 0.3) is 5.56 Å². The molecular weight excluding hydrogens is 735 g/mol. The fourth-order valence-corrected chi connectivity index (χ4v) is 9.20. The second-order valence-electron chi connectivity index (χ2n) is 17.2. The Morgan fingerprint density at radius 3 is 2.52 bits per heavy atom. The fourth-order valence-electron chi connectivity index (χ4n) is 9.20. The fraction of sp³-hybridized carbons (Fsp3) is 0.511. The van der Waals surface area contributed by atoms with Crippen LogP contribution in [0.25, 0.3) is 32.9 Å². The van der Waals surface area contributed by atoms with Gasteiger partial charge in [0.1, 0.15) is 5.52 Å². The van der Waals surface area contributed by atoms with Gasteiger partial charge in [-0.3, -0.25) is 4.79 Å². The summed E-state index contributed by atoms with van der Waals surface area (Å²) < 4.78 is 21.7. The average Bonchev–Trinajstić information content (AvgIpc) is 3.92. The number of hydrogen-bond donors (Lipinski definition) is 3. The SMILES string of the molecule is Cn1cc(-c2ccc3nc(N4CCC(CN5CCC(C)(NC(=O)O)CC5)CC4)nc(C(COC4CCCCO4)(OC4CC4)c4ccccc4)c3c2)c2cc[nH]c2c1=O. The molecule has 9 rings (SSSR count). The van der Waals surface area contributed by atoms with Crippen molar-refractivity contribution < 1.29 is 24.1 Å². The second-order valence-corrected chi connectivity index (χ2v) is 17.2. The molecule has 5 aromatic rings. The van der Waals surface area contributed by atoms with E-state index in [0.717, 1.165) is 129 Å². The van der Waals surface area contributed by atoms with Gasteiger partial charge in [0.2, 0.25) is 5.95 Å². The highest BCUT2D eigenvalue weighted by molar-refractivity contribution is 5.97. The van der Waals surface area contributed by atoms with Crippen LogP contribution >= 0.6 is 0 Å². The lowest BCUT2D eigenvalue weighted by atomic mass is 9.87. The molecule has 1 amide bonds. The van der Waals surface area contributed by atoms with Gasteiger partial charge < -0.3 is 44.0 Å². The first-order valence-electron chi connectivity index (χ1n) is 21.1. The Balaban J connectivity index is 1.09. The number of nitrogens with one attached hydrogen (secondary N) is 2. The van der Waals surface area contributed by atoms with Crippen molar-refractivity contribution in [3.05, 3.63) is 88.6 Å². The summed E-state index contributed by atoms with van der Waals surface area (Å²) in [6.07, 6.45) is 11.0. The zero-order valence-electron chi connectivity index (χ0n) is 33.6. The molecule has 2 unspecified atom stereocenters. The molecule has 1 saturated carbocycles. The molecule has 13 heteroatoms. The molecule has 3 aliphatic heterocycles. The number of benzene rings is 2. The van der Waals surface area contributed by atoms with Crippen molar-refractivity contribution in [2.24, 2.45) is 13.0 Å². The maximum atomic E-state index is 13.0. The smallest absolute Gasteiger partial charge is 0.405 e. The van der Waals surface area contributed by atoms with Crippen LogP contribution in [0.15, 0.2) is 71.8 Å². The van der Waals surface area contributed by atoms with Gasteiger partial charge in [0, 0.05) is 80.6 Å². The van der Waals surface area contributed by atoms with E-state index in [2.05, 4.69) is 62.6 Å². The lowest BCUT2D eigenvalue weighted by molar-refractivity contribution is -0.197. The second kappa shape index (κ2) is 16.1. The van der Waals surface area contributed by atoms with Crippen molar-refractivity contribution in [2.75, 3.05) is 50.8 Å². The van der Waals surface area contributed by atoms with Gasteiger partial charge in [-0.05, 0) is 100.0 Å². The Labute approximate surface area is 338 Å². The summed E-state index contributed by atoms with van der Waals surface area (Å²) in [7, 11) is 1.79. The summed E-state index contributed by atoms with van der Waals surface area (Å²) in [5.41, 5.74) is 3.53. The van der Waals surface area contributed by atoms with Crippen LogP contribution in [-0.2, 0) is 26.9 Å². The molecule has 2 atom stereocenters. The van der Waals surface area contributed by atoms with Crippen LogP contribution in [0.1, 0.15) is 76.0 Å². The van der Waals surface area contributed by atoms with Crippen molar-refractivity contribution in [1.82, 2.24) is 29.7 Å². The Morgan fingerprint density at radius 1 is 1.00 bits per heavy atom. The largest absolute Gasteiger partial charge is 0.465 e. The number of ether oxygens (including phenoxy) is 3. The number of anilines is 1. The van der Waals surface area contributed by atoms with Crippen LogP contribution in [-0.4, -0.2) is 99.5 Å². The molecule has 0 bridgehead atoms. The minimum Gasteiger partial charge on any atom is -0.465 e. The number of H-pyrrole nitrogens is 1. The molecule has 58 heavy (non-hydrogen) atoms. The molecule has 13 nitrogen and oxygen atoms in total. The molecule has 2 aromatic carbocycles. The minimum absolute atomic E-state index is 0.0687. The number of fused-ring (bicyclic) bond motifs is 2. The summed E-state index contributed by atoms with van der Waals surface area (Å²) in [6.45, 7) is 7.38. The van der Waals surface area contributed by atoms with Gasteiger partial charge in [0.15, 0.2) is 11.9 Å². The normalized spacial score (nSPS) is 21.6. The van der Waals surface area contributed by atoms with Gasteiger partial charge in [-0.1, -0.05) is 36.4 Å². The molecule has 0 radical (unpaired) electrons. The highest BCUT2D eigenvalue weighted by atomic mass is 16.7. The van der Waals surface area contributed by atoms with E-state index in [-0.39, 0.29) is 30.1 Å². The lowest BCUT2D eigenvalue weighted by Crippen LogP contribution is -2.53.